The van der Waals surface area contributed by atoms with Crippen LogP contribution in [0, 0.1) is 0 Å². The molecule has 6 nitrogen and oxygen atoms in total. The van der Waals surface area contributed by atoms with Crippen LogP contribution in [0.3, 0.4) is 0 Å². The van der Waals surface area contributed by atoms with E-state index in [1.807, 2.05) is 0 Å². The van der Waals surface area contributed by atoms with Crippen LogP contribution in [-0.2, 0) is 14.3 Å². The molecule has 0 aromatic rings. The van der Waals surface area contributed by atoms with Crippen molar-refractivity contribution in [1.29, 1.82) is 0 Å². The van der Waals surface area contributed by atoms with Crippen LogP contribution < -0.4 is 0 Å². The van der Waals surface area contributed by atoms with E-state index in [2.05, 4.69) is 6.92 Å². The SMILES string of the molecule is CC(O)C(=O)O.CCCCCCCCCCCCCCOC(=O)C(C)O. The number of ether oxygens (including phenoxy) is 1. The fraction of sp³-hybridized carbons (Fsp3) is 0.900. The monoisotopic (exact) mass is 376 g/mol. The summed E-state index contributed by atoms with van der Waals surface area (Å²) in [6.07, 6.45) is 13.3. The standard InChI is InChI=1S/C17H34O3.C3H6O3/c1-3-4-5-6-7-8-9-10-11-12-13-14-15-20-17(19)16(2)18;1-2(4)3(5)6/h16,18H,3-15H2,1-2H3;2,4H,1H3,(H,5,6). The highest BCUT2D eigenvalue weighted by atomic mass is 16.5. The topological polar surface area (TPSA) is 104 Å². The first kappa shape index (κ1) is 27.1. The number of hydrogen-bond donors (Lipinski definition) is 3. The smallest absolute Gasteiger partial charge is 0.334 e. The molecule has 0 aromatic heterocycles. The predicted octanol–water partition coefficient (Wildman–Crippen LogP) is 4.06. The minimum absolute atomic E-state index is 0.446. The fourth-order valence-corrected chi connectivity index (χ4v) is 2.24. The molecule has 0 saturated heterocycles. The highest BCUT2D eigenvalue weighted by Gasteiger charge is 2.08. The Morgan fingerprint density at radius 1 is 0.731 bits per heavy atom. The molecule has 3 N–H and O–H groups in total. The Balaban J connectivity index is 0. The van der Waals surface area contributed by atoms with Gasteiger partial charge in [0.1, 0.15) is 12.2 Å². The lowest BCUT2D eigenvalue weighted by molar-refractivity contribution is -0.152. The lowest BCUT2D eigenvalue weighted by Crippen LogP contribution is -2.19. The molecule has 0 aromatic carbocycles. The van der Waals surface area contributed by atoms with Gasteiger partial charge in [-0.05, 0) is 20.3 Å². The third-order valence-electron chi connectivity index (χ3n) is 3.94. The number of esters is 1. The van der Waals surface area contributed by atoms with Gasteiger partial charge in [-0.15, -0.1) is 0 Å². The molecule has 2 unspecified atom stereocenters. The van der Waals surface area contributed by atoms with Crippen LogP contribution in [0.1, 0.15) is 97.8 Å². The molecule has 0 aliphatic carbocycles. The Bertz CT molecular complexity index is 328. The van der Waals surface area contributed by atoms with Crippen LogP contribution in [0.4, 0.5) is 0 Å². The van der Waals surface area contributed by atoms with Gasteiger partial charge in [0.15, 0.2) is 0 Å². The van der Waals surface area contributed by atoms with Crippen LogP contribution in [0.2, 0.25) is 0 Å². The highest BCUT2D eigenvalue weighted by molar-refractivity contribution is 5.73. The van der Waals surface area contributed by atoms with Crippen molar-refractivity contribution in [1.82, 2.24) is 0 Å². The summed E-state index contributed by atoms with van der Waals surface area (Å²) in [5.41, 5.74) is 0. The molecule has 0 radical (unpaired) electrons. The molecule has 0 bridgehead atoms. The summed E-state index contributed by atoms with van der Waals surface area (Å²) in [4.78, 5) is 20.4. The average Bonchev–Trinajstić information content (AvgIpc) is 2.59. The normalized spacial score (nSPS) is 12.7. The van der Waals surface area contributed by atoms with Crippen LogP contribution in [0.5, 0.6) is 0 Å². The van der Waals surface area contributed by atoms with Crippen molar-refractivity contribution in [3.63, 3.8) is 0 Å². The Morgan fingerprint density at radius 2 is 1.08 bits per heavy atom. The Hall–Kier alpha value is -1.14. The van der Waals surface area contributed by atoms with Crippen LogP contribution in [-0.4, -0.2) is 46.1 Å². The van der Waals surface area contributed by atoms with E-state index < -0.39 is 24.1 Å². The van der Waals surface area contributed by atoms with Gasteiger partial charge in [-0.2, -0.15) is 0 Å². The zero-order chi connectivity index (χ0) is 20.2. The Kier molecular flexibility index (Phi) is 21.0. The van der Waals surface area contributed by atoms with Crippen molar-refractivity contribution < 1.29 is 29.6 Å². The Morgan fingerprint density at radius 3 is 1.38 bits per heavy atom. The molecule has 0 fully saturated rings. The maximum Gasteiger partial charge on any atom is 0.334 e. The van der Waals surface area contributed by atoms with Gasteiger partial charge in [0.25, 0.3) is 0 Å². The lowest BCUT2D eigenvalue weighted by Gasteiger charge is -2.06. The summed E-state index contributed by atoms with van der Waals surface area (Å²) in [6.45, 7) is 5.33. The van der Waals surface area contributed by atoms with Crippen molar-refractivity contribution in [3.05, 3.63) is 0 Å². The van der Waals surface area contributed by atoms with Gasteiger partial charge in [-0.1, -0.05) is 77.6 Å². The molecule has 0 aliphatic heterocycles. The third kappa shape index (κ3) is 22.9. The van der Waals surface area contributed by atoms with Crippen molar-refractivity contribution in [2.24, 2.45) is 0 Å². The summed E-state index contributed by atoms with van der Waals surface area (Å²) < 4.78 is 4.91. The van der Waals surface area contributed by atoms with Crippen molar-refractivity contribution in [3.8, 4) is 0 Å². The molecule has 26 heavy (non-hydrogen) atoms. The molecular weight excluding hydrogens is 336 g/mol. The van der Waals surface area contributed by atoms with E-state index in [1.165, 1.54) is 78.1 Å². The second-order valence-electron chi connectivity index (χ2n) is 6.75. The summed E-state index contributed by atoms with van der Waals surface area (Å²) in [5, 5.41) is 24.7. The van der Waals surface area contributed by atoms with Crippen molar-refractivity contribution in [2.75, 3.05) is 6.61 Å². The number of hydrogen-bond acceptors (Lipinski definition) is 5. The second-order valence-corrected chi connectivity index (χ2v) is 6.75. The molecule has 0 amide bonds. The van der Waals surface area contributed by atoms with Crippen molar-refractivity contribution >= 4 is 11.9 Å². The highest BCUT2D eigenvalue weighted by Crippen LogP contribution is 2.11. The molecule has 156 valence electrons. The summed E-state index contributed by atoms with van der Waals surface area (Å²) in [5.74, 6) is -1.69. The lowest BCUT2D eigenvalue weighted by atomic mass is 10.1. The van der Waals surface area contributed by atoms with Gasteiger partial charge < -0.3 is 20.1 Å². The maximum atomic E-state index is 11.0. The number of carboxylic acid groups (broad SMARTS) is 1. The molecule has 0 spiro atoms. The Labute approximate surface area is 158 Å². The second kappa shape index (κ2) is 20.2. The van der Waals surface area contributed by atoms with E-state index in [1.54, 1.807) is 0 Å². The molecule has 0 heterocycles. The maximum absolute atomic E-state index is 11.0. The summed E-state index contributed by atoms with van der Waals surface area (Å²) in [7, 11) is 0. The molecule has 0 rings (SSSR count). The summed E-state index contributed by atoms with van der Waals surface area (Å²) >= 11 is 0. The zero-order valence-electron chi connectivity index (χ0n) is 16.9. The van der Waals surface area contributed by atoms with Gasteiger partial charge in [0.2, 0.25) is 0 Å². The first-order valence-corrected chi connectivity index (χ1v) is 10.1. The average molecular weight is 377 g/mol. The number of carbonyl (C=O) groups is 2. The number of rotatable bonds is 15. The first-order chi connectivity index (χ1) is 12.3. The molecule has 2 atom stereocenters. The van der Waals surface area contributed by atoms with E-state index in [9.17, 15) is 9.59 Å². The van der Waals surface area contributed by atoms with Gasteiger partial charge >= 0.3 is 11.9 Å². The van der Waals surface area contributed by atoms with E-state index in [0.29, 0.717) is 6.61 Å². The molecule has 0 aliphatic rings. The van der Waals surface area contributed by atoms with Gasteiger partial charge in [-0.25, -0.2) is 9.59 Å². The number of carboxylic acids is 1. The van der Waals surface area contributed by atoms with Crippen molar-refractivity contribution in [2.45, 2.75) is 110 Å². The van der Waals surface area contributed by atoms with Gasteiger partial charge in [0, 0.05) is 0 Å². The number of unbranched alkanes of at least 4 members (excludes halogenated alkanes) is 11. The van der Waals surface area contributed by atoms with Crippen LogP contribution >= 0.6 is 0 Å². The number of aliphatic hydroxyl groups excluding tert-OH is 2. The number of aliphatic hydroxyl groups is 2. The van der Waals surface area contributed by atoms with E-state index in [-0.39, 0.29) is 0 Å². The van der Waals surface area contributed by atoms with E-state index >= 15 is 0 Å². The minimum Gasteiger partial charge on any atom is -0.479 e. The predicted molar refractivity (Wildman–Crippen MR) is 103 cm³/mol. The van der Waals surface area contributed by atoms with Crippen LogP contribution in [0.25, 0.3) is 0 Å². The third-order valence-corrected chi connectivity index (χ3v) is 3.94. The molecule has 0 saturated carbocycles. The largest absolute Gasteiger partial charge is 0.479 e. The molecular formula is C20H40O6. The summed E-state index contributed by atoms with van der Waals surface area (Å²) in [6, 6.07) is 0. The quantitative estimate of drug-likeness (QED) is 0.294. The van der Waals surface area contributed by atoms with E-state index in [4.69, 9.17) is 20.1 Å². The molecule has 6 heteroatoms. The zero-order valence-corrected chi connectivity index (χ0v) is 16.9. The number of carbonyl (C=O) groups excluding carboxylic acids is 1. The van der Waals surface area contributed by atoms with E-state index in [0.717, 1.165) is 12.8 Å². The number of aliphatic carboxylic acids is 1. The van der Waals surface area contributed by atoms with Gasteiger partial charge in [-0.3, -0.25) is 0 Å². The van der Waals surface area contributed by atoms with Crippen LogP contribution in [0.15, 0.2) is 0 Å². The van der Waals surface area contributed by atoms with Gasteiger partial charge in [0.05, 0.1) is 6.61 Å². The first-order valence-electron chi connectivity index (χ1n) is 10.1. The minimum atomic E-state index is -1.23. The fourth-order valence-electron chi connectivity index (χ4n) is 2.24.